The highest BCUT2D eigenvalue weighted by Crippen LogP contribution is 2.42. The van der Waals surface area contributed by atoms with E-state index >= 15 is 0 Å². The summed E-state index contributed by atoms with van der Waals surface area (Å²) in [7, 11) is 0. The highest BCUT2D eigenvalue weighted by Gasteiger charge is 2.31. The van der Waals surface area contributed by atoms with Crippen molar-refractivity contribution in [3.05, 3.63) is 57.6 Å². The minimum atomic E-state index is -1.10. The fourth-order valence-corrected chi connectivity index (χ4v) is 4.30. The van der Waals surface area contributed by atoms with Gasteiger partial charge in [-0.25, -0.2) is 9.59 Å². The predicted octanol–water partition coefficient (Wildman–Crippen LogP) is 6.19. The van der Waals surface area contributed by atoms with E-state index in [1.165, 1.54) is 12.1 Å². The number of rotatable bonds is 2. The number of aromatic hydroxyl groups is 2. The summed E-state index contributed by atoms with van der Waals surface area (Å²) < 4.78 is 0. The van der Waals surface area contributed by atoms with Crippen LogP contribution in [0.2, 0.25) is 0 Å². The van der Waals surface area contributed by atoms with E-state index in [4.69, 9.17) is 10.2 Å². The molecule has 0 heterocycles. The summed E-state index contributed by atoms with van der Waals surface area (Å²) >= 11 is 0. The molecule has 0 bridgehead atoms. The lowest BCUT2D eigenvalue weighted by atomic mass is 9.74. The number of carbonyl (C=O) groups is 2. The molecule has 0 saturated carbocycles. The van der Waals surface area contributed by atoms with Gasteiger partial charge in [-0.05, 0) is 44.9 Å². The van der Waals surface area contributed by atoms with Crippen LogP contribution in [-0.4, -0.2) is 49.7 Å². The van der Waals surface area contributed by atoms with Crippen LogP contribution in [0, 0.1) is 0 Å². The average molecular weight is 531 g/mol. The normalized spacial score (nSPS) is 12.2. The molecule has 2 aromatic rings. The second-order valence-electron chi connectivity index (χ2n) is 13.4. The third-order valence-corrected chi connectivity index (χ3v) is 5.93. The Kier molecular flexibility index (Phi) is 10.7. The van der Waals surface area contributed by atoms with Gasteiger partial charge in [0, 0.05) is 11.1 Å². The number of aromatic carboxylic acids is 2. The summed E-state index contributed by atoms with van der Waals surface area (Å²) in [4.78, 5) is 22.2. The molecular weight excluding hydrogens is 483 g/mol. The molecule has 0 aromatic heterocycles. The lowest BCUT2D eigenvalue weighted by Gasteiger charge is -2.31. The SMILES string of the molecule is CC(C)(C)c1ccc(C(=O)O)c(O)c1C(C)(C)C.CC(C)(C)c1ccc(C(=O)O)c(O)c1C(C)(C)C.[AlH3]. The Morgan fingerprint density at radius 2 is 0.757 bits per heavy atom. The summed E-state index contributed by atoms with van der Waals surface area (Å²) in [6, 6.07) is 6.58. The van der Waals surface area contributed by atoms with Gasteiger partial charge in [0.15, 0.2) is 17.4 Å². The summed E-state index contributed by atoms with van der Waals surface area (Å²) in [6.07, 6.45) is 0. The van der Waals surface area contributed by atoms with Crippen LogP contribution >= 0.6 is 0 Å². The topological polar surface area (TPSA) is 115 Å². The quantitative estimate of drug-likeness (QED) is 0.344. The predicted molar refractivity (Wildman–Crippen MR) is 155 cm³/mol. The highest BCUT2D eigenvalue weighted by molar-refractivity contribution is 5.92. The van der Waals surface area contributed by atoms with E-state index in [1.54, 1.807) is 0 Å². The van der Waals surface area contributed by atoms with Gasteiger partial charge in [-0.15, -0.1) is 0 Å². The van der Waals surface area contributed by atoms with Gasteiger partial charge in [-0.2, -0.15) is 0 Å². The van der Waals surface area contributed by atoms with Crippen molar-refractivity contribution in [3.8, 4) is 11.5 Å². The van der Waals surface area contributed by atoms with Gasteiger partial charge in [0.1, 0.15) is 22.6 Å². The first kappa shape index (κ1) is 34.5. The average Bonchev–Trinajstić information content (AvgIpc) is 2.63. The summed E-state index contributed by atoms with van der Waals surface area (Å²) in [5, 5.41) is 38.7. The second kappa shape index (κ2) is 11.5. The summed E-state index contributed by atoms with van der Waals surface area (Å²) in [5.41, 5.74) is 2.44. The molecule has 206 valence electrons. The van der Waals surface area contributed by atoms with Crippen molar-refractivity contribution in [3.63, 3.8) is 0 Å². The Hall–Kier alpha value is -2.49. The van der Waals surface area contributed by atoms with E-state index in [1.807, 2.05) is 53.7 Å². The van der Waals surface area contributed by atoms with Crippen LogP contribution in [0.15, 0.2) is 24.3 Å². The number of benzene rings is 2. The van der Waals surface area contributed by atoms with Gasteiger partial charge in [0.05, 0.1) is 0 Å². The molecule has 2 rings (SSSR count). The first-order valence-electron chi connectivity index (χ1n) is 12.1. The zero-order chi connectivity index (χ0) is 28.6. The molecule has 0 fully saturated rings. The highest BCUT2D eigenvalue weighted by atomic mass is 27.0. The van der Waals surface area contributed by atoms with Gasteiger partial charge < -0.3 is 20.4 Å². The first-order valence-corrected chi connectivity index (χ1v) is 12.1. The van der Waals surface area contributed by atoms with Crippen LogP contribution in [0.25, 0.3) is 0 Å². The van der Waals surface area contributed by atoms with Crippen molar-refractivity contribution in [2.75, 3.05) is 0 Å². The van der Waals surface area contributed by atoms with Gasteiger partial charge in [0.2, 0.25) is 0 Å². The lowest BCUT2D eigenvalue weighted by molar-refractivity contribution is 0.0682. The number of hydrogen-bond donors (Lipinski definition) is 4. The monoisotopic (exact) mass is 530 g/mol. The number of phenols is 2. The molecule has 0 aliphatic heterocycles. The minimum Gasteiger partial charge on any atom is -0.507 e. The molecule has 0 amide bonds. The molecule has 6 nitrogen and oxygen atoms in total. The maximum absolute atomic E-state index is 11.1. The van der Waals surface area contributed by atoms with Gasteiger partial charge in [0.25, 0.3) is 0 Å². The molecule has 4 N–H and O–H groups in total. The smallest absolute Gasteiger partial charge is 0.339 e. The first-order chi connectivity index (χ1) is 15.9. The molecule has 0 spiro atoms. The van der Waals surface area contributed by atoms with E-state index in [9.17, 15) is 19.8 Å². The molecule has 0 radical (unpaired) electrons. The van der Waals surface area contributed by atoms with Crippen molar-refractivity contribution in [2.24, 2.45) is 0 Å². The van der Waals surface area contributed by atoms with Crippen LogP contribution in [0.5, 0.6) is 11.5 Å². The molecule has 0 unspecified atom stereocenters. The number of carboxylic acids is 2. The Morgan fingerprint density at radius 1 is 0.514 bits per heavy atom. The molecule has 2 aromatic carbocycles. The van der Waals surface area contributed by atoms with Crippen molar-refractivity contribution < 1.29 is 30.0 Å². The van der Waals surface area contributed by atoms with Gasteiger partial charge >= 0.3 is 11.9 Å². The third kappa shape index (κ3) is 8.25. The third-order valence-electron chi connectivity index (χ3n) is 5.93. The number of carboxylic acid groups (broad SMARTS) is 2. The van der Waals surface area contributed by atoms with E-state index in [-0.39, 0.29) is 61.6 Å². The second-order valence-corrected chi connectivity index (χ2v) is 13.4. The Bertz CT molecular complexity index is 1050. The van der Waals surface area contributed by atoms with Crippen LogP contribution in [-0.2, 0) is 21.7 Å². The Balaban J connectivity index is 0.000000682. The molecule has 37 heavy (non-hydrogen) atoms. The van der Waals surface area contributed by atoms with Crippen LogP contribution in [0.4, 0.5) is 0 Å². The molecule has 0 aliphatic rings. The zero-order valence-electron chi connectivity index (χ0n) is 23.9. The largest absolute Gasteiger partial charge is 0.507 e. The van der Waals surface area contributed by atoms with Crippen LogP contribution in [0.3, 0.4) is 0 Å². The van der Waals surface area contributed by atoms with E-state index < -0.39 is 11.9 Å². The minimum absolute atomic E-state index is 0. The van der Waals surface area contributed by atoms with Crippen molar-refractivity contribution >= 4 is 29.3 Å². The van der Waals surface area contributed by atoms with E-state index in [0.717, 1.165) is 22.3 Å². The van der Waals surface area contributed by atoms with Gasteiger partial charge in [-0.3, -0.25) is 0 Å². The molecule has 0 saturated heterocycles. The maximum atomic E-state index is 11.1. The standard InChI is InChI=1S/2C15H22O3.Al.3H/c2*1-14(2,3)10-8-7-9(13(17)18)12(16)11(10)15(4,5)6;;;;/h2*7-8,16H,1-6H3,(H,17,18);;;;. The molecular formula is C30H47AlO6. The Labute approximate surface area is 232 Å². The fraction of sp³-hybridized carbons (Fsp3) is 0.533. The molecule has 0 atom stereocenters. The zero-order valence-corrected chi connectivity index (χ0v) is 23.9. The van der Waals surface area contributed by atoms with Crippen molar-refractivity contribution in [1.29, 1.82) is 0 Å². The molecule has 0 aliphatic carbocycles. The van der Waals surface area contributed by atoms with Crippen LogP contribution in [0.1, 0.15) is 126 Å². The van der Waals surface area contributed by atoms with Crippen molar-refractivity contribution in [1.82, 2.24) is 0 Å². The van der Waals surface area contributed by atoms with E-state index in [0.29, 0.717) is 0 Å². The van der Waals surface area contributed by atoms with Crippen molar-refractivity contribution in [2.45, 2.75) is 105 Å². The van der Waals surface area contributed by atoms with Crippen LogP contribution < -0.4 is 0 Å². The lowest BCUT2D eigenvalue weighted by Crippen LogP contribution is -2.23. The Morgan fingerprint density at radius 3 is 0.919 bits per heavy atom. The van der Waals surface area contributed by atoms with E-state index in [2.05, 4.69) is 41.5 Å². The summed E-state index contributed by atoms with van der Waals surface area (Å²) in [6.45, 7) is 24.2. The fourth-order valence-electron chi connectivity index (χ4n) is 4.30. The number of hydrogen-bond acceptors (Lipinski definition) is 4. The molecule has 7 heteroatoms. The summed E-state index contributed by atoms with van der Waals surface area (Å²) in [5.74, 6) is -2.42. The van der Waals surface area contributed by atoms with Gasteiger partial charge in [-0.1, -0.05) is 95.2 Å². The maximum Gasteiger partial charge on any atom is 0.339 e.